The molecule has 1 rings (SSSR count). The van der Waals surface area contributed by atoms with Gasteiger partial charge in [-0.2, -0.15) is 12.1 Å². The average molecular weight is 197 g/mol. The molecule has 0 aromatic carbocycles. The summed E-state index contributed by atoms with van der Waals surface area (Å²) in [7, 11) is 1.58. The predicted octanol–water partition coefficient (Wildman–Crippen LogP) is 0.888. The number of hydrogen-bond donors (Lipinski definition) is 0. The summed E-state index contributed by atoms with van der Waals surface area (Å²) in [5, 5.41) is 0. The van der Waals surface area contributed by atoms with Gasteiger partial charge < -0.3 is 9.72 Å². The molecule has 0 N–H and O–H groups in total. The van der Waals surface area contributed by atoms with Crippen molar-refractivity contribution in [3.8, 4) is 5.88 Å². The van der Waals surface area contributed by atoms with E-state index in [2.05, 4.69) is 11.2 Å². The molecule has 0 atom stereocenters. The number of hydrogen-bond acceptors (Lipinski definition) is 2. The zero-order valence-corrected chi connectivity index (χ0v) is 8.00. The number of aromatic nitrogens is 1. The van der Waals surface area contributed by atoms with Crippen LogP contribution >= 0.6 is 0 Å². The van der Waals surface area contributed by atoms with Gasteiger partial charge in [0.1, 0.15) is 0 Å². The van der Waals surface area contributed by atoms with Gasteiger partial charge in [-0.3, -0.25) is 0 Å². The molecule has 2 nitrogen and oxygen atoms in total. The number of nitrogens with zero attached hydrogens (tertiary/aromatic N) is 1. The fourth-order valence-corrected chi connectivity index (χ4v) is 0.425. The van der Waals surface area contributed by atoms with Crippen LogP contribution in [0.4, 0.5) is 0 Å². The van der Waals surface area contributed by atoms with Crippen LogP contribution in [-0.2, 0) is 32.7 Å². The molecule has 0 fully saturated rings. The van der Waals surface area contributed by atoms with Crippen LogP contribution in [-0.4, -0.2) is 12.1 Å². The summed E-state index contributed by atoms with van der Waals surface area (Å²) in [6.07, 6.45) is 2.64. The molecule has 0 saturated carbocycles. The smallest absolute Gasteiger partial charge is 0.0964 e. The molecule has 0 aliphatic carbocycles. The summed E-state index contributed by atoms with van der Waals surface area (Å²) < 4.78 is 4.77. The number of rotatable bonds is 1. The molecule has 1 radical (unpaired) electrons. The van der Waals surface area contributed by atoms with Crippen molar-refractivity contribution in [1.82, 2.24) is 4.98 Å². The van der Waals surface area contributed by atoms with Crippen molar-refractivity contribution in [1.29, 1.82) is 0 Å². The van der Waals surface area contributed by atoms with E-state index in [1.54, 1.807) is 19.2 Å². The first-order chi connectivity index (χ1) is 3.93. The van der Waals surface area contributed by atoms with E-state index < -0.39 is 0 Å². The number of methoxy groups -OCH3 is 1. The Labute approximate surface area is 79.5 Å². The summed E-state index contributed by atoms with van der Waals surface area (Å²) in [6.45, 7) is 0. The first-order valence-corrected chi connectivity index (χ1v) is 2.30. The first kappa shape index (κ1) is 9.05. The molecule has 0 unspecified atom stereocenters. The second kappa shape index (κ2) is 4.89. The molecule has 0 spiro atoms. The number of pyridine rings is 1. The molecule has 0 saturated heterocycles. The van der Waals surface area contributed by atoms with Crippen molar-refractivity contribution < 1.29 is 37.4 Å². The van der Waals surface area contributed by atoms with E-state index in [4.69, 9.17) is 4.74 Å². The Bertz CT molecular complexity index is 154. The minimum Gasteiger partial charge on any atom is -0.538 e. The van der Waals surface area contributed by atoms with Crippen molar-refractivity contribution >= 4 is 0 Å². The Kier molecular flexibility index (Phi) is 4.92. The van der Waals surface area contributed by atoms with Crippen LogP contribution in [0.15, 0.2) is 18.2 Å². The van der Waals surface area contributed by atoms with Gasteiger partial charge in [-0.15, -0.1) is 6.07 Å². The predicted molar refractivity (Wildman–Crippen MR) is 29.6 cm³/mol. The number of ether oxygens (including phenoxy) is 1. The van der Waals surface area contributed by atoms with Crippen molar-refractivity contribution in [2.24, 2.45) is 0 Å². The van der Waals surface area contributed by atoms with Crippen molar-refractivity contribution in [3.05, 3.63) is 24.4 Å². The molecular weight excluding hydrogens is 191 g/mol. The summed E-state index contributed by atoms with van der Waals surface area (Å²) >= 11 is 0. The van der Waals surface area contributed by atoms with Gasteiger partial charge in [-0.25, -0.2) is 0 Å². The van der Waals surface area contributed by atoms with E-state index in [0.717, 1.165) is 0 Å². The summed E-state index contributed by atoms with van der Waals surface area (Å²) in [5.74, 6) is 0.604. The van der Waals surface area contributed by atoms with Crippen LogP contribution in [0.25, 0.3) is 0 Å². The average Bonchev–Trinajstić information content (AvgIpc) is 1.90. The van der Waals surface area contributed by atoms with Gasteiger partial charge in [-0.1, -0.05) is 6.20 Å². The third-order valence-corrected chi connectivity index (χ3v) is 0.793. The molecule has 1 aromatic rings. The fraction of sp³-hybridized carbons (Fsp3) is 0.167. The van der Waals surface area contributed by atoms with Crippen LogP contribution in [0.3, 0.4) is 0 Å². The van der Waals surface area contributed by atoms with E-state index in [9.17, 15) is 0 Å². The van der Waals surface area contributed by atoms with Gasteiger partial charge in [0.25, 0.3) is 0 Å². The summed E-state index contributed by atoms with van der Waals surface area (Å²) in [4.78, 5) is 3.75. The Morgan fingerprint density at radius 3 is 2.78 bits per heavy atom. The molecule has 1 heterocycles. The molecule has 0 amide bonds. The SMILES string of the molecule is COc1ccc[c-]n1.[Y]. The largest absolute Gasteiger partial charge is 0.538 e. The van der Waals surface area contributed by atoms with Crippen LogP contribution in [0.1, 0.15) is 0 Å². The van der Waals surface area contributed by atoms with Gasteiger partial charge in [0.05, 0.1) is 13.0 Å². The van der Waals surface area contributed by atoms with Gasteiger partial charge in [0, 0.05) is 32.7 Å². The second-order valence-electron chi connectivity index (χ2n) is 1.31. The molecule has 0 aliphatic rings. The van der Waals surface area contributed by atoms with E-state index in [1.807, 2.05) is 6.07 Å². The Morgan fingerprint density at radius 1 is 1.67 bits per heavy atom. The van der Waals surface area contributed by atoms with Crippen molar-refractivity contribution in [2.75, 3.05) is 7.11 Å². The topological polar surface area (TPSA) is 22.1 Å². The zero-order chi connectivity index (χ0) is 5.82. The van der Waals surface area contributed by atoms with Crippen LogP contribution in [0, 0.1) is 6.20 Å². The third-order valence-electron chi connectivity index (χ3n) is 0.793. The maximum atomic E-state index is 4.77. The molecular formula is C6H6NOY-. The molecule has 45 valence electrons. The zero-order valence-electron chi connectivity index (χ0n) is 5.16. The molecule has 9 heavy (non-hydrogen) atoms. The van der Waals surface area contributed by atoms with Crippen LogP contribution in [0.2, 0.25) is 0 Å². The van der Waals surface area contributed by atoms with Gasteiger partial charge in [-0.05, 0) is 0 Å². The van der Waals surface area contributed by atoms with E-state index in [1.165, 1.54) is 0 Å². The van der Waals surface area contributed by atoms with E-state index in [0.29, 0.717) is 5.88 Å². The minimum absolute atomic E-state index is 0. The van der Waals surface area contributed by atoms with E-state index >= 15 is 0 Å². The van der Waals surface area contributed by atoms with Gasteiger partial charge in [0.2, 0.25) is 0 Å². The third kappa shape index (κ3) is 2.92. The molecule has 1 aromatic heterocycles. The van der Waals surface area contributed by atoms with Crippen LogP contribution < -0.4 is 4.74 Å². The van der Waals surface area contributed by atoms with E-state index in [-0.39, 0.29) is 32.7 Å². The van der Waals surface area contributed by atoms with Crippen molar-refractivity contribution in [2.45, 2.75) is 0 Å². The standard InChI is InChI=1S/C6H6NO.Y/c1-8-6-4-2-3-5-7-6;/h2-4H,1H3;/q-1;. The molecule has 0 bridgehead atoms. The molecule has 0 aliphatic heterocycles. The second-order valence-corrected chi connectivity index (χ2v) is 1.31. The van der Waals surface area contributed by atoms with Gasteiger partial charge >= 0.3 is 0 Å². The van der Waals surface area contributed by atoms with Crippen molar-refractivity contribution in [3.63, 3.8) is 0 Å². The normalized spacial score (nSPS) is 7.67. The maximum Gasteiger partial charge on any atom is 0.0964 e. The van der Waals surface area contributed by atoms with Crippen LogP contribution in [0.5, 0.6) is 5.88 Å². The summed E-state index contributed by atoms with van der Waals surface area (Å²) in [5.41, 5.74) is 0. The quantitative estimate of drug-likeness (QED) is 0.623. The Morgan fingerprint density at radius 2 is 2.44 bits per heavy atom. The summed E-state index contributed by atoms with van der Waals surface area (Å²) in [6, 6.07) is 5.32. The Balaban J connectivity index is 0.000000640. The maximum absolute atomic E-state index is 4.77. The fourth-order valence-electron chi connectivity index (χ4n) is 0.425. The molecule has 3 heteroatoms. The van der Waals surface area contributed by atoms with Gasteiger partial charge in [0.15, 0.2) is 0 Å². The first-order valence-electron chi connectivity index (χ1n) is 2.30. The monoisotopic (exact) mass is 197 g/mol. The Hall–Kier alpha value is 0.0539. The minimum atomic E-state index is 0.